The van der Waals surface area contributed by atoms with E-state index >= 15 is 0 Å². The molecule has 0 radical (unpaired) electrons. The van der Waals surface area contributed by atoms with Crippen LogP contribution in [0.5, 0.6) is 0 Å². The van der Waals surface area contributed by atoms with Gasteiger partial charge in [0.15, 0.2) is 5.78 Å². The van der Waals surface area contributed by atoms with Crippen molar-refractivity contribution in [2.45, 2.75) is 25.9 Å². The van der Waals surface area contributed by atoms with Crippen molar-refractivity contribution >= 4 is 5.78 Å². The van der Waals surface area contributed by atoms with E-state index in [1.165, 1.54) is 6.92 Å². The van der Waals surface area contributed by atoms with Gasteiger partial charge in [0.05, 0.1) is 0 Å². The van der Waals surface area contributed by atoms with Crippen molar-refractivity contribution in [2.75, 3.05) is 13.2 Å². The monoisotopic (exact) mass is 236 g/mol. The summed E-state index contributed by atoms with van der Waals surface area (Å²) in [5.41, 5.74) is 1.30. The molecule has 0 spiro atoms. The molecule has 0 N–H and O–H groups in total. The van der Waals surface area contributed by atoms with Crippen LogP contribution in [0.25, 0.3) is 0 Å². The first-order valence-electron chi connectivity index (χ1n) is 6.01. The number of benzene rings is 1. The third kappa shape index (κ3) is 2.91. The molecule has 1 saturated heterocycles. The lowest BCUT2D eigenvalue weighted by molar-refractivity contribution is 0.0365. The minimum atomic E-state index is -0.945. The van der Waals surface area contributed by atoms with Crippen LogP contribution in [0.3, 0.4) is 0 Å². The number of carbonyl (C=O) groups excluding carboxylic acids is 1. The molecule has 1 aromatic rings. The Bertz CT molecular complexity index is 380. The fourth-order valence-electron chi connectivity index (χ4n) is 2.18. The third-order valence-corrected chi connectivity index (χ3v) is 3.32. The van der Waals surface area contributed by atoms with Gasteiger partial charge in [0.1, 0.15) is 6.17 Å². The summed E-state index contributed by atoms with van der Waals surface area (Å²) in [6.07, 6.45) is 0.602. The van der Waals surface area contributed by atoms with Crippen LogP contribution < -0.4 is 0 Å². The third-order valence-electron chi connectivity index (χ3n) is 3.32. The molecule has 0 saturated carbocycles. The summed E-state index contributed by atoms with van der Waals surface area (Å²) in [5, 5.41) is 0. The normalized spacial score (nSPS) is 18.9. The second-order valence-electron chi connectivity index (χ2n) is 4.53. The highest BCUT2D eigenvalue weighted by atomic mass is 19.1. The van der Waals surface area contributed by atoms with Gasteiger partial charge in [0.25, 0.3) is 0 Å². The van der Waals surface area contributed by atoms with Gasteiger partial charge in [-0.2, -0.15) is 0 Å². The van der Waals surface area contributed by atoms with Crippen LogP contribution >= 0.6 is 0 Å². The van der Waals surface area contributed by atoms with Crippen LogP contribution in [-0.2, 0) is 4.74 Å². The second-order valence-corrected chi connectivity index (χ2v) is 4.53. The number of hydrogen-bond donors (Lipinski definition) is 0. The molecule has 1 unspecified atom stereocenters. The fraction of sp³-hybridized carbons (Fsp3) is 0.500. The highest BCUT2D eigenvalue weighted by Gasteiger charge is 2.25. The highest BCUT2D eigenvalue weighted by molar-refractivity contribution is 5.94. The van der Waals surface area contributed by atoms with E-state index < -0.39 is 6.17 Å². The van der Waals surface area contributed by atoms with E-state index in [0.717, 1.165) is 12.8 Å². The first kappa shape index (κ1) is 12.2. The molecule has 0 amide bonds. The average molecular weight is 236 g/mol. The minimum absolute atomic E-state index is 0.0121. The number of hydrogen-bond acceptors (Lipinski definition) is 2. The van der Waals surface area contributed by atoms with Gasteiger partial charge < -0.3 is 4.74 Å². The fourth-order valence-corrected chi connectivity index (χ4v) is 2.18. The van der Waals surface area contributed by atoms with E-state index in [1.807, 2.05) is 0 Å². The SMILES string of the molecule is CC(=O)c1ccc(C(F)C2CCOCC2)cc1. The van der Waals surface area contributed by atoms with Crippen LogP contribution in [0, 0.1) is 5.92 Å². The second kappa shape index (κ2) is 5.41. The van der Waals surface area contributed by atoms with E-state index in [4.69, 9.17) is 4.74 Å². The maximum absolute atomic E-state index is 14.2. The summed E-state index contributed by atoms with van der Waals surface area (Å²) in [7, 11) is 0. The maximum Gasteiger partial charge on any atom is 0.159 e. The van der Waals surface area contributed by atoms with E-state index in [-0.39, 0.29) is 11.7 Å². The Kier molecular flexibility index (Phi) is 3.89. The molecular weight excluding hydrogens is 219 g/mol. The molecule has 17 heavy (non-hydrogen) atoms. The Balaban J connectivity index is 2.07. The standard InChI is InChI=1S/C14H17FO2/c1-10(16)11-2-4-12(5-3-11)14(15)13-6-8-17-9-7-13/h2-5,13-14H,6-9H2,1H3. The van der Waals surface area contributed by atoms with E-state index in [2.05, 4.69) is 0 Å². The van der Waals surface area contributed by atoms with Crippen molar-refractivity contribution in [3.05, 3.63) is 35.4 Å². The van der Waals surface area contributed by atoms with Crippen molar-refractivity contribution < 1.29 is 13.9 Å². The molecule has 0 bridgehead atoms. The first-order chi connectivity index (χ1) is 8.18. The van der Waals surface area contributed by atoms with Crippen molar-refractivity contribution in [1.29, 1.82) is 0 Å². The Morgan fingerprint density at radius 1 is 1.29 bits per heavy atom. The van der Waals surface area contributed by atoms with Gasteiger partial charge in [0, 0.05) is 18.8 Å². The molecule has 0 aromatic heterocycles. The highest BCUT2D eigenvalue weighted by Crippen LogP contribution is 2.33. The quantitative estimate of drug-likeness (QED) is 0.752. The van der Waals surface area contributed by atoms with Gasteiger partial charge in [-0.25, -0.2) is 4.39 Å². The summed E-state index contributed by atoms with van der Waals surface area (Å²) < 4.78 is 19.4. The average Bonchev–Trinajstić information content (AvgIpc) is 2.39. The van der Waals surface area contributed by atoms with E-state index in [0.29, 0.717) is 24.3 Å². The summed E-state index contributed by atoms with van der Waals surface area (Å²) >= 11 is 0. The topological polar surface area (TPSA) is 26.3 Å². The van der Waals surface area contributed by atoms with E-state index in [1.54, 1.807) is 24.3 Å². The van der Waals surface area contributed by atoms with Crippen LogP contribution in [0.15, 0.2) is 24.3 Å². The van der Waals surface area contributed by atoms with Crippen molar-refractivity contribution in [1.82, 2.24) is 0 Å². The van der Waals surface area contributed by atoms with Gasteiger partial charge in [-0.3, -0.25) is 4.79 Å². The van der Waals surface area contributed by atoms with Gasteiger partial charge in [-0.1, -0.05) is 24.3 Å². The Labute approximate surface area is 101 Å². The number of rotatable bonds is 3. The zero-order valence-electron chi connectivity index (χ0n) is 9.99. The largest absolute Gasteiger partial charge is 0.381 e. The lowest BCUT2D eigenvalue weighted by Crippen LogP contribution is -2.19. The number of carbonyl (C=O) groups is 1. The van der Waals surface area contributed by atoms with Crippen molar-refractivity contribution in [3.63, 3.8) is 0 Å². The molecule has 3 heteroatoms. The molecular formula is C14H17FO2. The predicted molar refractivity (Wildman–Crippen MR) is 63.8 cm³/mol. The molecule has 1 fully saturated rings. The van der Waals surface area contributed by atoms with Crippen LogP contribution in [0.2, 0.25) is 0 Å². The molecule has 1 aliphatic rings. The number of ether oxygens (including phenoxy) is 1. The lowest BCUT2D eigenvalue weighted by Gasteiger charge is -2.25. The molecule has 1 aliphatic heterocycles. The van der Waals surface area contributed by atoms with Crippen LogP contribution in [0.4, 0.5) is 4.39 Å². The molecule has 2 rings (SSSR count). The summed E-state index contributed by atoms with van der Waals surface area (Å²) in [4.78, 5) is 11.1. The summed E-state index contributed by atoms with van der Waals surface area (Å²) in [6.45, 7) is 2.81. The summed E-state index contributed by atoms with van der Waals surface area (Å²) in [5.74, 6) is 0.0601. The Hall–Kier alpha value is -1.22. The van der Waals surface area contributed by atoms with Crippen molar-refractivity contribution in [2.24, 2.45) is 5.92 Å². The molecule has 92 valence electrons. The lowest BCUT2D eigenvalue weighted by atomic mass is 9.90. The van der Waals surface area contributed by atoms with Crippen molar-refractivity contribution in [3.8, 4) is 0 Å². The zero-order chi connectivity index (χ0) is 12.3. The maximum atomic E-state index is 14.2. The Morgan fingerprint density at radius 3 is 2.41 bits per heavy atom. The zero-order valence-corrected chi connectivity index (χ0v) is 9.99. The van der Waals surface area contributed by atoms with Gasteiger partial charge in [0.2, 0.25) is 0 Å². The number of alkyl halides is 1. The van der Waals surface area contributed by atoms with Gasteiger partial charge >= 0.3 is 0 Å². The van der Waals surface area contributed by atoms with E-state index in [9.17, 15) is 9.18 Å². The molecule has 0 aliphatic carbocycles. The number of halogens is 1. The minimum Gasteiger partial charge on any atom is -0.381 e. The molecule has 1 heterocycles. The molecule has 2 nitrogen and oxygen atoms in total. The van der Waals surface area contributed by atoms with Gasteiger partial charge in [-0.15, -0.1) is 0 Å². The van der Waals surface area contributed by atoms with Gasteiger partial charge in [-0.05, 0) is 31.2 Å². The first-order valence-corrected chi connectivity index (χ1v) is 6.01. The number of Topliss-reactive ketones (excluding diaryl/α,β-unsaturated/α-hetero) is 1. The smallest absolute Gasteiger partial charge is 0.159 e. The molecule has 1 aromatic carbocycles. The van der Waals surface area contributed by atoms with Crippen LogP contribution in [-0.4, -0.2) is 19.0 Å². The summed E-state index contributed by atoms with van der Waals surface area (Å²) in [6, 6.07) is 6.83. The molecule has 1 atom stereocenters. The Morgan fingerprint density at radius 2 is 1.88 bits per heavy atom. The van der Waals surface area contributed by atoms with Crippen LogP contribution in [0.1, 0.15) is 41.9 Å². The number of ketones is 1. The predicted octanol–water partition coefficient (Wildman–Crippen LogP) is 3.33.